The predicted molar refractivity (Wildman–Crippen MR) is 138 cm³/mol. The smallest absolute Gasteiger partial charge is 0.408 e. The number of carbonyl (C=O) groups is 3. The number of aliphatic hydroxyl groups excluding tert-OH is 1. The van der Waals surface area contributed by atoms with E-state index in [0.29, 0.717) is 18.5 Å². The molecule has 0 aliphatic heterocycles. The summed E-state index contributed by atoms with van der Waals surface area (Å²) in [6.07, 6.45) is 1.40. The fourth-order valence-corrected chi connectivity index (χ4v) is 3.94. The maximum Gasteiger partial charge on any atom is 0.408 e. The van der Waals surface area contributed by atoms with Crippen LogP contribution in [0.1, 0.15) is 83.5 Å². The summed E-state index contributed by atoms with van der Waals surface area (Å²) in [7, 11) is 0. The molecule has 1 aromatic carbocycles. The first-order chi connectivity index (χ1) is 16.3. The van der Waals surface area contributed by atoms with Gasteiger partial charge >= 0.3 is 6.09 Å². The first-order valence-electron chi connectivity index (χ1n) is 12.6. The van der Waals surface area contributed by atoms with E-state index in [1.165, 1.54) is 4.90 Å². The van der Waals surface area contributed by atoms with Gasteiger partial charge in [0.2, 0.25) is 11.8 Å². The van der Waals surface area contributed by atoms with Gasteiger partial charge in [0.15, 0.2) is 0 Å². The molecule has 0 spiro atoms. The van der Waals surface area contributed by atoms with Gasteiger partial charge in [-0.3, -0.25) is 9.59 Å². The Bertz CT molecular complexity index is 827. The Morgan fingerprint density at radius 3 is 2.17 bits per heavy atom. The molecule has 0 saturated heterocycles. The van der Waals surface area contributed by atoms with Gasteiger partial charge in [-0.05, 0) is 58.9 Å². The van der Waals surface area contributed by atoms with Crippen LogP contribution in [0.25, 0.3) is 0 Å². The van der Waals surface area contributed by atoms with Crippen LogP contribution in [-0.2, 0) is 14.3 Å². The number of benzene rings is 1. The standard InChI is InChI=1S/C27H45N3O5/c1-9-10-11-28-24(32)23(21-16-19(4)15-20(5)17-21)30(12-13-31)25(33)22(14-18(2)3)29-26(34)35-27(6,7)8/h15-18,22-23,31H,9-14H2,1-8H3,(H,28,32)(H,29,34). The van der Waals surface area contributed by atoms with Crippen molar-refractivity contribution in [1.82, 2.24) is 15.5 Å². The highest BCUT2D eigenvalue weighted by Crippen LogP contribution is 2.26. The van der Waals surface area contributed by atoms with E-state index in [0.717, 1.165) is 24.0 Å². The van der Waals surface area contributed by atoms with Gasteiger partial charge in [0.25, 0.3) is 0 Å². The van der Waals surface area contributed by atoms with Crippen molar-refractivity contribution in [2.45, 2.75) is 92.3 Å². The number of ether oxygens (including phenoxy) is 1. The van der Waals surface area contributed by atoms with Gasteiger partial charge in [-0.15, -0.1) is 0 Å². The normalized spacial score (nSPS) is 13.2. The second-order valence-corrected chi connectivity index (χ2v) is 10.6. The minimum Gasteiger partial charge on any atom is -0.444 e. The van der Waals surface area contributed by atoms with Crippen molar-refractivity contribution < 1.29 is 24.2 Å². The third kappa shape index (κ3) is 10.7. The summed E-state index contributed by atoms with van der Waals surface area (Å²) in [4.78, 5) is 41.2. The van der Waals surface area contributed by atoms with E-state index in [9.17, 15) is 19.5 Å². The first kappa shape index (κ1) is 30.4. The predicted octanol–water partition coefficient (Wildman–Crippen LogP) is 4.02. The summed E-state index contributed by atoms with van der Waals surface area (Å²) < 4.78 is 5.38. The highest BCUT2D eigenvalue weighted by atomic mass is 16.6. The van der Waals surface area contributed by atoms with Crippen LogP contribution in [0.5, 0.6) is 0 Å². The lowest BCUT2D eigenvalue weighted by Crippen LogP contribution is -2.54. The van der Waals surface area contributed by atoms with Gasteiger partial charge < -0.3 is 25.4 Å². The molecule has 0 aliphatic rings. The van der Waals surface area contributed by atoms with Crippen molar-refractivity contribution >= 4 is 17.9 Å². The molecule has 0 saturated carbocycles. The number of rotatable bonds is 12. The van der Waals surface area contributed by atoms with Crippen LogP contribution in [-0.4, -0.2) is 59.3 Å². The Morgan fingerprint density at radius 2 is 1.69 bits per heavy atom. The first-order valence-corrected chi connectivity index (χ1v) is 12.6. The van der Waals surface area contributed by atoms with Crippen molar-refractivity contribution in [3.8, 4) is 0 Å². The number of aliphatic hydroxyl groups is 1. The largest absolute Gasteiger partial charge is 0.444 e. The van der Waals surface area contributed by atoms with Crippen LogP contribution in [0.4, 0.5) is 4.79 Å². The van der Waals surface area contributed by atoms with Gasteiger partial charge in [-0.25, -0.2) is 4.79 Å². The summed E-state index contributed by atoms with van der Waals surface area (Å²) in [6, 6.07) is 3.91. The molecule has 0 radical (unpaired) electrons. The molecule has 3 N–H and O–H groups in total. The molecule has 2 unspecified atom stereocenters. The van der Waals surface area contributed by atoms with Gasteiger partial charge in [0, 0.05) is 13.1 Å². The Labute approximate surface area is 210 Å². The van der Waals surface area contributed by atoms with Crippen molar-refractivity contribution in [1.29, 1.82) is 0 Å². The number of hydrogen-bond donors (Lipinski definition) is 3. The number of aryl methyl sites for hydroxylation is 2. The monoisotopic (exact) mass is 491 g/mol. The van der Waals surface area contributed by atoms with Gasteiger partial charge in [0.1, 0.15) is 17.7 Å². The zero-order valence-electron chi connectivity index (χ0n) is 22.7. The third-order valence-corrected chi connectivity index (χ3v) is 5.27. The molecule has 35 heavy (non-hydrogen) atoms. The minimum absolute atomic E-state index is 0.0533. The number of amides is 3. The SMILES string of the molecule is CCCCNC(=O)C(c1cc(C)cc(C)c1)N(CCO)C(=O)C(CC(C)C)NC(=O)OC(C)(C)C. The number of nitrogens with zero attached hydrogens (tertiary/aromatic N) is 1. The maximum absolute atomic E-state index is 13.9. The van der Waals surface area contributed by atoms with E-state index in [-0.39, 0.29) is 25.0 Å². The average molecular weight is 492 g/mol. The van der Waals surface area contributed by atoms with Crippen LogP contribution < -0.4 is 10.6 Å². The van der Waals surface area contributed by atoms with Crippen LogP contribution in [0.3, 0.4) is 0 Å². The Morgan fingerprint density at radius 1 is 1.09 bits per heavy atom. The van der Waals surface area contributed by atoms with Crippen LogP contribution in [0.15, 0.2) is 18.2 Å². The molecule has 198 valence electrons. The van der Waals surface area contributed by atoms with Crippen LogP contribution in [0, 0.1) is 19.8 Å². The van der Waals surface area contributed by atoms with Crippen molar-refractivity contribution in [2.75, 3.05) is 19.7 Å². The molecule has 0 aliphatic carbocycles. The molecule has 3 amide bonds. The molecule has 8 nitrogen and oxygen atoms in total. The number of nitrogens with one attached hydrogen (secondary N) is 2. The van der Waals surface area contributed by atoms with E-state index in [1.54, 1.807) is 20.8 Å². The minimum atomic E-state index is -0.944. The van der Waals surface area contributed by atoms with E-state index < -0.39 is 29.7 Å². The number of unbranched alkanes of at least 4 members (excludes halogenated alkanes) is 1. The Kier molecular flexibility index (Phi) is 12.2. The number of alkyl carbamates (subject to hydrolysis) is 1. The summed E-state index contributed by atoms with van der Waals surface area (Å²) in [5, 5.41) is 15.5. The number of carbonyl (C=O) groups excluding carboxylic acids is 3. The Balaban J connectivity index is 3.44. The fraction of sp³-hybridized carbons (Fsp3) is 0.667. The zero-order valence-corrected chi connectivity index (χ0v) is 22.7. The van der Waals surface area contributed by atoms with E-state index in [1.807, 2.05) is 52.8 Å². The molecule has 0 bridgehead atoms. The zero-order chi connectivity index (χ0) is 26.8. The van der Waals surface area contributed by atoms with Crippen LogP contribution in [0.2, 0.25) is 0 Å². The second kappa shape index (κ2) is 14.1. The van der Waals surface area contributed by atoms with E-state index >= 15 is 0 Å². The van der Waals surface area contributed by atoms with Gasteiger partial charge in [0.05, 0.1) is 6.61 Å². The summed E-state index contributed by atoms with van der Waals surface area (Å²) in [5.74, 6) is -0.660. The quantitative estimate of drug-likeness (QED) is 0.383. The molecular formula is C27H45N3O5. The molecule has 0 heterocycles. The van der Waals surface area contributed by atoms with Crippen molar-refractivity contribution in [3.05, 3.63) is 34.9 Å². The molecular weight excluding hydrogens is 446 g/mol. The molecule has 0 aromatic heterocycles. The fourth-order valence-electron chi connectivity index (χ4n) is 3.94. The van der Waals surface area contributed by atoms with Crippen molar-refractivity contribution in [3.63, 3.8) is 0 Å². The molecule has 1 aromatic rings. The molecule has 8 heteroatoms. The van der Waals surface area contributed by atoms with Crippen LogP contribution >= 0.6 is 0 Å². The highest BCUT2D eigenvalue weighted by molar-refractivity contribution is 5.92. The van der Waals surface area contributed by atoms with Crippen molar-refractivity contribution in [2.24, 2.45) is 5.92 Å². The lowest BCUT2D eigenvalue weighted by Gasteiger charge is -2.34. The molecule has 2 atom stereocenters. The average Bonchev–Trinajstić information content (AvgIpc) is 2.70. The summed E-state index contributed by atoms with van der Waals surface area (Å²) in [6.45, 7) is 15.2. The van der Waals surface area contributed by atoms with E-state index in [4.69, 9.17) is 4.74 Å². The van der Waals surface area contributed by atoms with Gasteiger partial charge in [-0.1, -0.05) is 56.5 Å². The topological polar surface area (TPSA) is 108 Å². The summed E-state index contributed by atoms with van der Waals surface area (Å²) >= 11 is 0. The second-order valence-electron chi connectivity index (χ2n) is 10.6. The summed E-state index contributed by atoms with van der Waals surface area (Å²) in [5.41, 5.74) is 1.88. The maximum atomic E-state index is 13.9. The lowest BCUT2D eigenvalue weighted by atomic mass is 9.97. The lowest BCUT2D eigenvalue weighted by molar-refractivity contribution is -0.143. The van der Waals surface area contributed by atoms with E-state index in [2.05, 4.69) is 10.6 Å². The Hall–Kier alpha value is -2.61. The number of hydrogen-bond acceptors (Lipinski definition) is 5. The third-order valence-electron chi connectivity index (χ3n) is 5.27. The molecule has 1 rings (SSSR count). The highest BCUT2D eigenvalue weighted by Gasteiger charge is 2.36. The van der Waals surface area contributed by atoms with Gasteiger partial charge in [-0.2, -0.15) is 0 Å². The molecule has 0 fully saturated rings.